The molecule has 0 aromatic carbocycles. The average Bonchev–Trinajstić information content (AvgIpc) is 2.18. The molecule has 0 saturated heterocycles. The minimum atomic E-state index is -6.89. The maximum Gasteiger partial charge on any atom is 1.00 e. The van der Waals surface area contributed by atoms with E-state index in [1.165, 1.54) is 0 Å². The fourth-order valence-electron chi connectivity index (χ4n) is 0.852. The SMILES string of the molecule is [Li+].[Li+].[Li+].[O-]C([C-]=CC([O-])(C(F)(F)F)C(F)(F)F)(C(F)(F)F)C(F)(F)F. The first-order valence-corrected chi connectivity index (χ1v) is 4.50. The van der Waals surface area contributed by atoms with Gasteiger partial charge in [-0.05, 0) is 0 Å². The normalized spacial score (nSPS) is 14.5. The first-order valence-electron chi connectivity index (χ1n) is 4.50. The summed E-state index contributed by atoms with van der Waals surface area (Å²) in [6.07, 6.45) is -30.3. The van der Waals surface area contributed by atoms with Crippen molar-refractivity contribution in [3.05, 3.63) is 12.2 Å². The molecule has 0 unspecified atom stereocenters. The first kappa shape index (κ1) is 33.2. The summed E-state index contributed by atoms with van der Waals surface area (Å²) in [5.41, 5.74) is -12.8. The van der Waals surface area contributed by atoms with E-state index in [0.29, 0.717) is 0 Å². The molecule has 0 spiro atoms. The van der Waals surface area contributed by atoms with E-state index in [-0.39, 0.29) is 56.6 Å². The summed E-state index contributed by atoms with van der Waals surface area (Å²) in [5.74, 6) is 0. The van der Waals surface area contributed by atoms with E-state index in [1.807, 2.05) is 0 Å². The van der Waals surface area contributed by atoms with Gasteiger partial charge in [0.05, 0.1) is 5.60 Å². The fourth-order valence-corrected chi connectivity index (χ4v) is 0.852. The van der Waals surface area contributed by atoms with E-state index in [9.17, 15) is 62.9 Å². The van der Waals surface area contributed by atoms with Crippen molar-refractivity contribution in [3.63, 3.8) is 0 Å². The third kappa shape index (κ3) is 6.62. The van der Waals surface area contributed by atoms with Gasteiger partial charge in [0.25, 0.3) is 0 Å². The molecule has 0 radical (unpaired) electrons. The van der Waals surface area contributed by atoms with Crippen LogP contribution in [0.15, 0.2) is 6.08 Å². The summed E-state index contributed by atoms with van der Waals surface area (Å²) >= 11 is 0. The van der Waals surface area contributed by atoms with Gasteiger partial charge in [-0.3, -0.25) is 6.08 Å². The molecule has 0 saturated carbocycles. The Hall–Kier alpha value is 0.612. The molecule has 0 heterocycles. The Balaban J connectivity index is -0.000000735. The Bertz CT molecular complexity index is 368. The number of rotatable bonds is 2. The van der Waals surface area contributed by atoms with E-state index >= 15 is 0 Å². The quantitative estimate of drug-likeness (QED) is 0.273. The predicted molar refractivity (Wildman–Crippen MR) is 37.5 cm³/mol. The summed E-state index contributed by atoms with van der Waals surface area (Å²) in [6.45, 7) is 0. The smallest absolute Gasteiger partial charge is 0.860 e. The van der Waals surface area contributed by atoms with Crippen LogP contribution in [-0.2, 0) is 0 Å². The van der Waals surface area contributed by atoms with Crippen molar-refractivity contribution in [1.29, 1.82) is 0 Å². The monoisotopic (exact) mass is 378 g/mol. The molecule has 0 aromatic heterocycles. The van der Waals surface area contributed by atoms with Gasteiger partial charge >= 0.3 is 81.3 Å². The molecule has 17 heteroatoms. The first-order chi connectivity index (χ1) is 9.21. The molecule has 0 aliphatic carbocycles. The maximum atomic E-state index is 12.0. The summed E-state index contributed by atoms with van der Waals surface area (Å²) in [7, 11) is 0. The van der Waals surface area contributed by atoms with Crippen LogP contribution in [-0.4, -0.2) is 35.9 Å². The zero-order chi connectivity index (χ0) is 18.4. The zero-order valence-electron chi connectivity index (χ0n) is 12.4. The summed E-state index contributed by atoms with van der Waals surface area (Å²) in [5, 5.41) is 21.2. The minimum absolute atomic E-state index is 0. The topological polar surface area (TPSA) is 46.1 Å². The van der Waals surface area contributed by atoms with Gasteiger partial charge in [0.2, 0.25) is 0 Å². The van der Waals surface area contributed by atoms with Crippen molar-refractivity contribution in [2.45, 2.75) is 35.9 Å². The van der Waals surface area contributed by atoms with Crippen LogP contribution in [0, 0.1) is 6.08 Å². The van der Waals surface area contributed by atoms with Gasteiger partial charge in [0.1, 0.15) is 0 Å². The van der Waals surface area contributed by atoms with Crippen LogP contribution in [0.1, 0.15) is 0 Å². The third-order valence-corrected chi connectivity index (χ3v) is 2.12. The largest absolute Gasteiger partial charge is 1.00 e. The number of hydrogen-bond donors (Lipinski definition) is 0. The molecule has 0 aromatic rings. The number of alkyl halides is 12. The molecule has 0 amide bonds. The summed E-state index contributed by atoms with van der Waals surface area (Å²) in [6, 6.07) is 0. The zero-order valence-corrected chi connectivity index (χ0v) is 12.4. The Morgan fingerprint density at radius 2 is 0.760 bits per heavy atom. The van der Waals surface area contributed by atoms with E-state index in [1.54, 1.807) is 0 Å². The van der Waals surface area contributed by atoms with Gasteiger partial charge in [-0.2, -0.15) is 52.7 Å². The Kier molecular flexibility index (Phi) is 12.2. The standard InChI is InChI=1S/C8HF12O2.3Li/c9-5(10,11)3(21,6(12,13)14)1-2-4(22,7(15,16)17)8(18,19)20;;;/h1H;;;/q-3;3*+1. The van der Waals surface area contributed by atoms with Crippen molar-refractivity contribution in [2.24, 2.45) is 0 Å². The van der Waals surface area contributed by atoms with Crippen molar-refractivity contribution >= 4 is 0 Å². The average molecular weight is 378 g/mol. The van der Waals surface area contributed by atoms with Crippen molar-refractivity contribution in [1.82, 2.24) is 0 Å². The van der Waals surface area contributed by atoms with E-state index < -0.39 is 48.1 Å². The number of halogens is 12. The van der Waals surface area contributed by atoms with Gasteiger partial charge in [-0.1, -0.05) is 5.60 Å². The Labute approximate surface area is 167 Å². The van der Waals surface area contributed by atoms with E-state index in [4.69, 9.17) is 0 Å². The molecular formula is C8HF12Li3O2. The third-order valence-electron chi connectivity index (χ3n) is 2.12. The van der Waals surface area contributed by atoms with Crippen molar-refractivity contribution in [2.75, 3.05) is 0 Å². The Morgan fingerprint density at radius 1 is 0.520 bits per heavy atom. The molecular weight excluding hydrogens is 377 g/mol. The van der Waals surface area contributed by atoms with Crippen LogP contribution in [0.25, 0.3) is 0 Å². The van der Waals surface area contributed by atoms with Crippen LogP contribution >= 0.6 is 0 Å². The van der Waals surface area contributed by atoms with Crippen LogP contribution < -0.4 is 66.8 Å². The van der Waals surface area contributed by atoms with Crippen molar-refractivity contribution < 1.29 is 119 Å². The second-order valence-corrected chi connectivity index (χ2v) is 3.70. The molecule has 0 rings (SSSR count). The molecule has 25 heavy (non-hydrogen) atoms. The molecule has 0 fully saturated rings. The Morgan fingerprint density at radius 3 is 0.920 bits per heavy atom. The van der Waals surface area contributed by atoms with E-state index in [0.717, 1.165) is 0 Å². The molecule has 2 nitrogen and oxygen atoms in total. The second kappa shape index (κ2) is 9.20. The minimum Gasteiger partial charge on any atom is -0.860 e. The predicted octanol–water partition coefficient (Wildman–Crippen LogP) is -7.19. The van der Waals surface area contributed by atoms with Gasteiger partial charge in [0, 0.05) is 0 Å². The molecule has 0 bridgehead atoms. The van der Waals surface area contributed by atoms with Crippen molar-refractivity contribution in [3.8, 4) is 0 Å². The molecule has 0 N–H and O–H groups in total. The maximum absolute atomic E-state index is 12.0. The summed E-state index contributed by atoms with van der Waals surface area (Å²) in [4.78, 5) is 0. The molecule has 0 aliphatic heterocycles. The van der Waals surface area contributed by atoms with Gasteiger partial charge in [-0.15, -0.1) is 0 Å². The second-order valence-electron chi connectivity index (χ2n) is 3.70. The molecule has 0 aliphatic rings. The van der Waals surface area contributed by atoms with E-state index in [2.05, 4.69) is 0 Å². The number of hydrogen-bond acceptors (Lipinski definition) is 2. The van der Waals surface area contributed by atoms with Crippen LogP contribution in [0.5, 0.6) is 0 Å². The van der Waals surface area contributed by atoms with Crippen LogP contribution in [0.4, 0.5) is 52.7 Å². The van der Waals surface area contributed by atoms with Gasteiger partial charge in [-0.25, -0.2) is 0 Å². The molecule has 132 valence electrons. The van der Waals surface area contributed by atoms with Gasteiger partial charge in [0.15, 0.2) is 0 Å². The van der Waals surface area contributed by atoms with Crippen LogP contribution in [0.3, 0.4) is 0 Å². The molecule has 0 atom stereocenters. The summed E-state index contributed by atoms with van der Waals surface area (Å²) < 4.78 is 144. The van der Waals surface area contributed by atoms with Gasteiger partial charge < -0.3 is 16.3 Å². The fraction of sp³-hybridized carbons (Fsp3) is 0.750. The van der Waals surface area contributed by atoms with Crippen LogP contribution in [0.2, 0.25) is 0 Å².